The summed E-state index contributed by atoms with van der Waals surface area (Å²) < 4.78 is 27.4. The zero-order valence-corrected chi connectivity index (χ0v) is 15.5. The molecule has 0 N–H and O–H groups in total. The first-order valence-corrected chi connectivity index (χ1v) is 10.0. The first-order chi connectivity index (χ1) is 10.8. The summed E-state index contributed by atoms with van der Waals surface area (Å²) in [6.07, 6.45) is 1.29. The lowest BCUT2D eigenvalue weighted by Crippen LogP contribution is -2.47. The Hall–Kier alpha value is -1.18. The lowest BCUT2D eigenvalue weighted by Gasteiger charge is -2.29. The zero-order valence-electron chi connectivity index (χ0n) is 13.9. The van der Waals surface area contributed by atoms with Crippen LogP contribution in [0.5, 0.6) is 0 Å². The smallest absolute Gasteiger partial charge is 0.253 e. The Kier molecular flexibility index (Phi) is 5.65. The summed E-state index contributed by atoms with van der Waals surface area (Å²) in [6.45, 7) is 10.9. The Morgan fingerprint density at radius 2 is 2.17 bits per heavy atom. The maximum Gasteiger partial charge on any atom is 0.253 e. The van der Waals surface area contributed by atoms with E-state index >= 15 is 0 Å². The van der Waals surface area contributed by atoms with E-state index < -0.39 is 16.1 Å². The first-order valence-electron chi connectivity index (χ1n) is 7.78. The van der Waals surface area contributed by atoms with Crippen molar-refractivity contribution in [3.05, 3.63) is 29.2 Å². The van der Waals surface area contributed by atoms with Crippen molar-refractivity contribution in [3.63, 3.8) is 0 Å². The van der Waals surface area contributed by atoms with Gasteiger partial charge in [0.2, 0.25) is 5.91 Å². The molecule has 1 aliphatic rings. The molecule has 1 saturated heterocycles. The molecule has 128 valence electrons. The predicted octanol–water partition coefficient (Wildman–Crippen LogP) is 2.63. The molecule has 1 unspecified atom stereocenters. The number of carbonyl (C=O) groups is 1. The Labute approximate surface area is 142 Å². The highest BCUT2D eigenvalue weighted by atomic mass is 32.2. The number of amides is 1. The van der Waals surface area contributed by atoms with Gasteiger partial charge in [0.25, 0.3) is 10.0 Å². The molecule has 1 aliphatic heterocycles. The maximum absolute atomic E-state index is 12.8. The number of rotatable bonds is 6. The molecule has 2 heterocycles. The molecule has 0 radical (unpaired) electrons. The van der Waals surface area contributed by atoms with Crippen molar-refractivity contribution < 1.29 is 13.2 Å². The highest BCUT2D eigenvalue weighted by Crippen LogP contribution is 2.30. The van der Waals surface area contributed by atoms with Crippen LogP contribution >= 0.6 is 11.3 Å². The van der Waals surface area contributed by atoms with Gasteiger partial charge in [-0.25, -0.2) is 8.42 Å². The van der Waals surface area contributed by atoms with Crippen LogP contribution in [-0.2, 0) is 14.8 Å². The molecule has 7 heteroatoms. The third-order valence-corrected chi connectivity index (χ3v) is 7.30. The van der Waals surface area contributed by atoms with E-state index in [1.807, 2.05) is 20.8 Å². The van der Waals surface area contributed by atoms with Crippen molar-refractivity contribution in [2.24, 2.45) is 0 Å². The second-order valence-corrected chi connectivity index (χ2v) is 9.35. The van der Waals surface area contributed by atoms with Gasteiger partial charge in [-0.05, 0) is 45.7 Å². The highest BCUT2D eigenvalue weighted by molar-refractivity contribution is 7.91. The van der Waals surface area contributed by atoms with Crippen LogP contribution in [-0.4, -0.2) is 49.2 Å². The molecule has 1 atom stereocenters. The quantitative estimate of drug-likeness (QED) is 0.736. The molecular formula is C16H24N2O3S2. The average Bonchev–Trinajstić information content (AvgIpc) is 3.12. The third kappa shape index (κ3) is 3.84. The maximum atomic E-state index is 12.8. The van der Waals surface area contributed by atoms with Gasteiger partial charge in [0.15, 0.2) is 0 Å². The molecule has 0 aromatic carbocycles. The van der Waals surface area contributed by atoms with Crippen LogP contribution in [0.3, 0.4) is 0 Å². The third-order valence-electron chi connectivity index (χ3n) is 3.92. The van der Waals surface area contributed by atoms with Crippen LogP contribution in [0, 0.1) is 6.92 Å². The van der Waals surface area contributed by atoms with Crippen molar-refractivity contribution in [2.75, 3.05) is 19.6 Å². The van der Waals surface area contributed by atoms with Gasteiger partial charge in [0, 0.05) is 24.5 Å². The molecule has 0 aliphatic carbocycles. The highest BCUT2D eigenvalue weighted by Gasteiger charge is 2.41. The lowest BCUT2D eigenvalue weighted by molar-refractivity contribution is -0.134. The largest absolute Gasteiger partial charge is 0.338 e. The molecular weight excluding hydrogens is 332 g/mol. The SMILES string of the molecule is C=C(C)CN(CC)C(=O)C1CCCN1S(=O)(=O)c1ccc(C)s1. The van der Waals surface area contributed by atoms with Crippen molar-refractivity contribution in [1.82, 2.24) is 9.21 Å². The second-order valence-electron chi connectivity index (χ2n) is 5.95. The van der Waals surface area contributed by atoms with E-state index in [0.29, 0.717) is 36.7 Å². The van der Waals surface area contributed by atoms with Gasteiger partial charge < -0.3 is 4.90 Å². The number of nitrogens with zero attached hydrogens (tertiary/aromatic N) is 2. The summed E-state index contributed by atoms with van der Waals surface area (Å²) in [4.78, 5) is 15.4. The molecule has 1 amide bonds. The standard InChI is InChI=1S/C16H24N2O3S2/c1-5-17(11-12(2)3)16(19)14-7-6-10-18(14)23(20,21)15-9-8-13(4)22-15/h8-9,14H,2,5-7,10-11H2,1,3-4H3. The van der Waals surface area contributed by atoms with Crippen LogP contribution in [0.1, 0.15) is 31.6 Å². The van der Waals surface area contributed by atoms with Crippen molar-refractivity contribution in [3.8, 4) is 0 Å². The molecule has 2 rings (SSSR count). The molecule has 0 bridgehead atoms. The van der Waals surface area contributed by atoms with E-state index in [1.165, 1.54) is 15.6 Å². The summed E-state index contributed by atoms with van der Waals surface area (Å²) in [5.74, 6) is -0.121. The molecule has 0 saturated carbocycles. The Balaban J connectivity index is 2.26. The zero-order chi connectivity index (χ0) is 17.2. The minimum Gasteiger partial charge on any atom is -0.338 e. The summed E-state index contributed by atoms with van der Waals surface area (Å²) in [5, 5.41) is 0. The van der Waals surface area contributed by atoms with Crippen molar-refractivity contribution in [2.45, 2.75) is 43.9 Å². The Bertz CT molecular complexity index is 694. The van der Waals surface area contributed by atoms with Gasteiger partial charge in [-0.3, -0.25) is 4.79 Å². The van der Waals surface area contributed by atoms with Gasteiger partial charge in [-0.1, -0.05) is 12.2 Å². The van der Waals surface area contributed by atoms with Crippen molar-refractivity contribution >= 4 is 27.3 Å². The number of likely N-dealkylation sites (N-methyl/N-ethyl adjacent to an activating group) is 1. The van der Waals surface area contributed by atoms with Crippen LogP contribution < -0.4 is 0 Å². The summed E-state index contributed by atoms with van der Waals surface area (Å²) >= 11 is 1.25. The molecule has 1 aromatic heterocycles. The number of hydrogen-bond acceptors (Lipinski definition) is 4. The minimum absolute atomic E-state index is 0.121. The number of carbonyl (C=O) groups excluding carboxylic acids is 1. The van der Waals surface area contributed by atoms with Crippen molar-refractivity contribution in [1.29, 1.82) is 0 Å². The minimum atomic E-state index is -3.60. The molecule has 1 fully saturated rings. The molecule has 5 nitrogen and oxygen atoms in total. The van der Waals surface area contributed by atoms with Gasteiger partial charge in [-0.15, -0.1) is 11.3 Å². The van der Waals surface area contributed by atoms with E-state index in [9.17, 15) is 13.2 Å². The number of thiophene rings is 1. The summed E-state index contributed by atoms with van der Waals surface area (Å²) in [7, 11) is -3.60. The van der Waals surface area contributed by atoms with Gasteiger partial charge in [0.1, 0.15) is 10.3 Å². The fourth-order valence-corrected chi connectivity index (χ4v) is 5.89. The summed E-state index contributed by atoms with van der Waals surface area (Å²) in [5.41, 5.74) is 0.890. The van der Waals surface area contributed by atoms with Gasteiger partial charge in [0.05, 0.1) is 0 Å². The molecule has 0 spiro atoms. The van der Waals surface area contributed by atoms with Crippen LogP contribution in [0.25, 0.3) is 0 Å². The molecule has 1 aromatic rings. The van der Waals surface area contributed by atoms with Gasteiger partial charge >= 0.3 is 0 Å². The first kappa shape index (κ1) is 18.2. The average molecular weight is 357 g/mol. The van der Waals surface area contributed by atoms with E-state index in [4.69, 9.17) is 0 Å². The monoisotopic (exact) mass is 356 g/mol. The van der Waals surface area contributed by atoms with E-state index in [0.717, 1.165) is 10.5 Å². The second kappa shape index (κ2) is 7.15. The lowest BCUT2D eigenvalue weighted by atomic mass is 10.2. The molecule has 23 heavy (non-hydrogen) atoms. The number of hydrogen-bond donors (Lipinski definition) is 0. The van der Waals surface area contributed by atoms with E-state index in [2.05, 4.69) is 6.58 Å². The van der Waals surface area contributed by atoms with Crippen LogP contribution in [0.2, 0.25) is 0 Å². The topological polar surface area (TPSA) is 57.7 Å². The Morgan fingerprint density at radius 3 is 2.70 bits per heavy atom. The fourth-order valence-electron chi connectivity index (χ4n) is 2.82. The summed E-state index contributed by atoms with van der Waals surface area (Å²) in [6, 6.07) is 2.83. The predicted molar refractivity (Wildman–Crippen MR) is 93.0 cm³/mol. The van der Waals surface area contributed by atoms with E-state index in [1.54, 1.807) is 17.0 Å². The number of aryl methyl sites for hydroxylation is 1. The normalized spacial score (nSPS) is 19.0. The van der Waals surface area contributed by atoms with Crippen LogP contribution in [0.4, 0.5) is 0 Å². The van der Waals surface area contributed by atoms with E-state index in [-0.39, 0.29) is 5.91 Å². The Morgan fingerprint density at radius 1 is 1.48 bits per heavy atom. The fraction of sp³-hybridized carbons (Fsp3) is 0.562. The van der Waals surface area contributed by atoms with Gasteiger partial charge in [-0.2, -0.15) is 4.31 Å². The number of sulfonamides is 1. The van der Waals surface area contributed by atoms with Crippen LogP contribution in [0.15, 0.2) is 28.5 Å².